The van der Waals surface area contributed by atoms with Crippen molar-refractivity contribution in [1.82, 2.24) is 0 Å². The highest BCUT2D eigenvalue weighted by Gasteiger charge is 2.02. The lowest BCUT2D eigenvalue weighted by Crippen LogP contribution is -2.19. The minimum Gasteiger partial charge on any atom is -0.508 e. The van der Waals surface area contributed by atoms with Gasteiger partial charge in [0.1, 0.15) is 11.5 Å². The van der Waals surface area contributed by atoms with Gasteiger partial charge < -0.3 is 20.9 Å². The molecule has 0 aliphatic heterocycles. The molecule has 21 heavy (non-hydrogen) atoms. The summed E-state index contributed by atoms with van der Waals surface area (Å²) >= 11 is 3.37. The molecule has 0 saturated heterocycles. The zero-order chi connectivity index (χ0) is 15.2. The smallest absolute Gasteiger partial charge is 0.255 e. The lowest BCUT2D eigenvalue weighted by Gasteiger charge is -2.10. The van der Waals surface area contributed by atoms with Gasteiger partial charge in [-0.15, -0.1) is 0 Å². The van der Waals surface area contributed by atoms with Gasteiger partial charge in [0.15, 0.2) is 6.61 Å². The number of primary amides is 1. The second kappa shape index (κ2) is 6.99. The summed E-state index contributed by atoms with van der Waals surface area (Å²) in [7, 11) is 0. The van der Waals surface area contributed by atoms with Crippen LogP contribution in [0.1, 0.15) is 5.56 Å². The molecule has 0 spiro atoms. The average molecular weight is 351 g/mol. The molecule has 2 rings (SSSR count). The van der Waals surface area contributed by atoms with Crippen LogP contribution >= 0.6 is 15.9 Å². The molecular weight excluding hydrogens is 336 g/mol. The molecule has 1 amide bonds. The van der Waals surface area contributed by atoms with Crippen molar-refractivity contribution in [2.24, 2.45) is 5.73 Å². The van der Waals surface area contributed by atoms with Crippen LogP contribution in [-0.4, -0.2) is 17.6 Å². The zero-order valence-electron chi connectivity index (χ0n) is 11.2. The van der Waals surface area contributed by atoms with E-state index in [1.54, 1.807) is 24.3 Å². The van der Waals surface area contributed by atoms with Gasteiger partial charge in [0.05, 0.1) is 0 Å². The maximum Gasteiger partial charge on any atom is 0.255 e. The first-order chi connectivity index (χ1) is 10.0. The Morgan fingerprint density at radius 1 is 1.24 bits per heavy atom. The topological polar surface area (TPSA) is 84.6 Å². The van der Waals surface area contributed by atoms with Crippen LogP contribution in [0.4, 0.5) is 5.69 Å². The van der Waals surface area contributed by atoms with Gasteiger partial charge in [0.25, 0.3) is 5.91 Å². The standard InChI is InChI=1S/C15H15BrN2O3/c16-11-1-6-14(19)10(7-11)8-18-12-2-4-13(5-3-12)21-9-15(17)20/h1-7,18-19H,8-9H2,(H2,17,20). The lowest BCUT2D eigenvalue weighted by atomic mass is 10.2. The van der Waals surface area contributed by atoms with E-state index in [0.717, 1.165) is 15.7 Å². The summed E-state index contributed by atoms with van der Waals surface area (Å²) in [6, 6.07) is 12.4. The van der Waals surface area contributed by atoms with E-state index in [-0.39, 0.29) is 12.4 Å². The molecule has 0 saturated carbocycles. The fourth-order valence-corrected chi connectivity index (χ4v) is 2.12. The van der Waals surface area contributed by atoms with Crippen molar-refractivity contribution in [3.63, 3.8) is 0 Å². The SMILES string of the molecule is NC(=O)COc1ccc(NCc2cc(Br)ccc2O)cc1. The minimum atomic E-state index is -0.512. The largest absolute Gasteiger partial charge is 0.508 e. The summed E-state index contributed by atoms with van der Waals surface area (Å²) in [5.74, 6) is 0.305. The maximum absolute atomic E-state index is 10.6. The van der Waals surface area contributed by atoms with Gasteiger partial charge in [-0.3, -0.25) is 4.79 Å². The van der Waals surface area contributed by atoms with Crippen molar-refractivity contribution in [2.45, 2.75) is 6.54 Å². The van der Waals surface area contributed by atoms with E-state index in [0.29, 0.717) is 12.3 Å². The number of amides is 1. The van der Waals surface area contributed by atoms with Crippen LogP contribution in [0.25, 0.3) is 0 Å². The van der Waals surface area contributed by atoms with E-state index in [1.807, 2.05) is 18.2 Å². The Labute approximate surface area is 130 Å². The number of carbonyl (C=O) groups is 1. The quantitative estimate of drug-likeness (QED) is 0.747. The highest BCUT2D eigenvalue weighted by molar-refractivity contribution is 9.10. The Morgan fingerprint density at radius 2 is 1.95 bits per heavy atom. The summed E-state index contributed by atoms with van der Waals surface area (Å²) in [5, 5.41) is 12.9. The molecule has 0 unspecified atom stereocenters. The van der Waals surface area contributed by atoms with E-state index < -0.39 is 5.91 Å². The monoisotopic (exact) mass is 350 g/mol. The van der Waals surface area contributed by atoms with Crippen molar-refractivity contribution in [1.29, 1.82) is 0 Å². The fourth-order valence-electron chi connectivity index (χ4n) is 1.72. The molecule has 0 fully saturated rings. The first-order valence-corrected chi connectivity index (χ1v) is 7.06. The molecule has 0 radical (unpaired) electrons. The van der Waals surface area contributed by atoms with Gasteiger partial charge >= 0.3 is 0 Å². The van der Waals surface area contributed by atoms with Gasteiger partial charge in [-0.2, -0.15) is 0 Å². The van der Waals surface area contributed by atoms with Crippen LogP contribution in [0, 0.1) is 0 Å². The Bertz CT molecular complexity index is 629. The van der Waals surface area contributed by atoms with E-state index in [2.05, 4.69) is 21.2 Å². The van der Waals surface area contributed by atoms with Crippen molar-refractivity contribution >= 4 is 27.5 Å². The molecule has 6 heteroatoms. The van der Waals surface area contributed by atoms with E-state index in [4.69, 9.17) is 10.5 Å². The first-order valence-electron chi connectivity index (χ1n) is 6.27. The van der Waals surface area contributed by atoms with Crippen molar-refractivity contribution in [3.05, 3.63) is 52.5 Å². The molecule has 0 aliphatic rings. The molecule has 0 aliphatic carbocycles. The summed E-state index contributed by atoms with van der Waals surface area (Å²) < 4.78 is 6.08. The summed E-state index contributed by atoms with van der Waals surface area (Å²) in [6.45, 7) is 0.353. The van der Waals surface area contributed by atoms with E-state index in [1.165, 1.54) is 0 Å². The van der Waals surface area contributed by atoms with Crippen LogP contribution in [0.3, 0.4) is 0 Å². The third-order valence-corrected chi connectivity index (χ3v) is 3.25. The number of phenolic OH excluding ortho intramolecular Hbond substituents is 1. The normalized spacial score (nSPS) is 10.1. The molecule has 0 bridgehead atoms. The van der Waals surface area contributed by atoms with Gasteiger partial charge in [-0.1, -0.05) is 15.9 Å². The first kappa shape index (κ1) is 15.2. The number of hydrogen-bond acceptors (Lipinski definition) is 4. The number of benzene rings is 2. The third kappa shape index (κ3) is 4.68. The van der Waals surface area contributed by atoms with Gasteiger partial charge in [0, 0.05) is 22.3 Å². The number of hydrogen-bond donors (Lipinski definition) is 3. The number of phenols is 1. The Kier molecular flexibility index (Phi) is 5.05. The molecular formula is C15H15BrN2O3. The average Bonchev–Trinajstić information content (AvgIpc) is 2.47. The molecule has 2 aromatic rings. The number of nitrogens with one attached hydrogen (secondary N) is 1. The molecule has 0 aromatic heterocycles. The Hall–Kier alpha value is -2.21. The number of anilines is 1. The zero-order valence-corrected chi connectivity index (χ0v) is 12.8. The molecule has 2 aromatic carbocycles. The highest BCUT2D eigenvalue weighted by Crippen LogP contribution is 2.23. The van der Waals surface area contributed by atoms with E-state index >= 15 is 0 Å². The number of aromatic hydroxyl groups is 1. The molecule has 0 atom stereocenters. The Balaban J connectivity index is 1.94. The summed E-state index contributed by atoms with van der Waals surface area (Å²) in [5.41, 5.74) is 6.67. The van der Waals surface area contributed by atoms with Gasteiger partial charge in [0.2, 0.25) is 0 Å². The minimum absolute atomic E-state index is 0.140. The molecule has 110 valence electrons. The maximum atomic E-state index is 10.6. The second-order valence-electron chi connectivity index (χ2n) is 4.41. The van der Waals surface area contributed by atoms with Crippen LogP contribution in [0.5, 0.6) is 11.5 Å². The predicted molar refractivity (Wildman–Crippen MR) is 84.3 cm³/mol. The van der Waals surface area contributed by atoms with Crippen LogP contribution < -0.4 is 15.8 Å². The number of carbonyl (C=O) groups excluding carboxylic acids is 1. The third-order valence-electron chi connectivity index (χ3n) is 2.76. The van der Waals surface area contributed by atoms with Crippen molar-refractivity contribution in [3.8, 4) is 11.5 Å². The van der Waals surface area contributed by atoms with Crippen molar-refractivity contribution in [2.75, 3.05) is 11.9 Å². The second-order valence-corrected chi connectivity index (χ2v) is 5.32. The summed E-state index contributed by atoms with van der Waals surface area (Å²) in [6.07, 6.45) is 0. The molecule has 0 heterocycles. The Morgan fingerprint density at radius 3 is 2.62 bits per heavy atom. The van der Waals surface area contributed by atoms with Crippen molar-refractivity contribution < 1.29 is 14.6 Å². The van der Waals surface area contributed by atoms with Gasteiger partial charge in [-0.05, 0) is 42.5 Å². The number of rotatable bonds is 6. The summed E-state index contributed by atoms with van der Waals surface area (Å²) in [4.78, 5) is 10.6. The predicted octanol–water partition coefficient (Wildman–Crippen LogP) is 2.63. The van der Waals surface area contributed by atoms with Crippen LogP contribution in [0.2, 0.25) is 0 Å². The van der Waals surface area contributed by atoms with Gasteiger partial charge in [-0.25, -0.2) is 0 Å². The van der Waals surface area contributed by atoms with E-state index in [9.17, 15) is 9.90 Å². The molecule has 5 nitrogen and oxygen atoms in total. The lowest BCUT2D eigenvalue weighted by molar-refractivity contribution is -0.119. The fraction of sp³-hybridized carbons (Fsp3) is 0.133. The number of halogens is 1. The van der Waals surface area contributed by atoms with Crippen LogP contribution in [-0.2, 0) is 11.3 Å². The number of ether oxygens (including phenoxy) is 1. The number of nitrogens with two attached hydrogens (primary N) is 1. The molecule has 4 N–H and O–H groups in total. The van der Waals surface area contributed by atoms with Crippen LogP contribution in [0.15, 0.2) is 46.9 Å². The highest BCUT2D eigenvalue weighted by atomic mass is 79.9.